The van der Waals surface area contributed by atoms with Crippen molar-refractivity contribution in [2.24, 2.45) is 0 Å². The highest BCUT2D eigenvalue weighted by Crippen LogP contribution is 2.30. The van der Waals surface area contributed by atoms with Crippen LogP contribution in [0.4, 0.5) is 5.69 Å². The number of carbonyl (C=O) groups is 2. The van der Waals surface area contributed by atoms with Gasteiger partial charge < -0.3 is 4.90 Å². The van der Waals surface area contributed by atoms with E-state index in [1.807, 2.05) is 36.4 Å². The fourth-order valence-electron chi connectivity index (χ4n) is 4.76. The van der Waals surface area contributed by atoms with Crippen molar-refractivity contribution in [1.82, 2.24) is 4.31 Å². The third-order valence-corrected chi connectivity index (χ3v) is 9.38. The molecule has 2 aliphatic heterocycles. The summed E-state index contributed by atoms with van der Waals surface area (Å²) < 4.78 is 28.1. The number of hydrogen-bond donors (Lipinski definition) is 1. The molecular weight excluding hydrogens is 506 g/mol. The van der Waals surface area contributed by atoms with Gasteiger partial charge in [0.2, 0.25) is 15.9 Å². The quantitative estimate of drug-likeness (QED) is 0.524. The molecule has 0 aliphatic carbocycles. The van der Waals surface area contributed by atoms with Crippen molar-refractivity contribution in [1.29, 1.82) is 0 Å². The van der Waals surface area contributed by atoms with Gasteiger partial charge in [-0.05, 0) is 39.5 Å². The average molecular weight is 529 g/mol. The van der Waals surface area contributed by atoms with Gasteiger partial charge in [-0.3, -0.25) is 9.59 Å². The van der Waals surface area contributed by atoms with Gasteiger partial charge in [-0.2, -0.15) is 4.31 Å². The molecule has 2 aliphatic rings. The Labute approximate surface area is 200 Å². The monoisotopic (exact) mass is 528 g/mol. The van der Waals surface area contributed by atoms with E-state index in [2.05, 4.69) is 15.9 Å². The lowest BCUT2D eigenvalue weighted by atomic mass is 10.1. The minimum Gasteiger partial charge on any atom is -0.322 e. The molecule has 0 saturated carbocycles. The summed E-state index contributed by atoms with van der Waals surface area (Å²) in [6.07, 6.45) is 0.133. The number of nitrogens with zero attached hydrogens (tertiary/aromatic N) is 2. The van der Waals surface area contributed by atoms with Crippen molar-refractivity contribution in [3.05, 3.63) is 71.2 Å². The number of hydrogen-bond acceptors (Lipinski definition) is 4. The number of anilines is 1. The van der Waals surface area contributed by atoms with Gasteiger partial charge in [-0.1, -0.05) is 48.5 Å². The van der Waals surface area contributed by atoms with E-state index in [1.54, 1.807) is 30.3 Å². The molecule has 2 saturated heterocycles. The van der Waals surface area contributed by atoms with Crippen molar-refractivity contribution >= 4 is 54.2 Å². The number of imide groups is 1. The predicted octanol–water partition coefficient (Wildman–Crippen LogP) is 1.82. The summed E-state index contributed by atoms with van der Waals surface area (Å²) in [6, 6.07) is 19.6. The lowest BCUT2D eigenvalue weighted by Crippen LogP contribution is -3.19. The van der Waals surface area contributed by atoms with Gasteiger partial charge in [0.1, 0.15) is 0 Å². The Hall–Kier alpha value is -2.59. The normalized spacial score (nSPS) is 20.6. The maximum absolute atomic E-state index is 13.4. The maximum Gasteiger partial charge on any atom is 0.292 e. The summed E-state index contributed by atoms with van der Waals surface area (Å²) in [4.78, 5) is 28.8. The average Bonchev–Trinajstić information content (AvgIpc) is 3.12. The van der Waals surface area contributed by atoms with E-state index in [-0.39, 0.29) is 23.1 Å². The highest BCUT2D eigenvalue weighted by atomic mass is 79.9. The van der Waals surface area contributed by atoms with E-state index in [0.717, 1.165) is 15.7 Å². The van der Waals surface area contributed by atoms with Crippen LogP contribution in [0.1, 0.15) is 6.42 Å². The summed E-state index contributed by atoms with van der Waals surface area (Å²) in [5, 5.41) is 1.83. The van der Waals surface area contributed by atoms with Crippen LogP contribution in [0.3, 0.4) is 0 Å². The van der Waals surface area contributed by atoms with Crippen LogP contribution >= 0.6 is 15.9 Å². The van der Waals surface area contributed by atoms with Crippen LogP contribution in [0.5, 0.6) is 0 Å². The standard InChI is InChI=1S/C24H22BrN3O4S/c25-19-9-3-4-11-22(19)33(31,32)27-14-12-26(13-15-27)21-16-23(29)28(24(21)30)20-10-5-7-17-6-1-2-8-18(17)20/h1-11,21H,12-16H2/p+1/t21-/m1/s1. The van der Waals surface area contributed by atoms with Crippen LogP contribution in [-0.2, 0) is 19.6 Å². The zero-order valence-corrected chi connectivity index (χ0v) is 20.2. The van der Waals surface area contributed by atoms with Gasteiger partial charge in [0.25, 0.3) is 5.91 Å². The van der Waals surface area contributed by atoms with Crippen LogP contribution in [0.25, 0.3) is 10.8 Å². The zero-order chi connectivity index (χ0) is 23.2. The molecule has 3 aromatic carbocycles. The van der Waals surface area contributed by atoms with Crippen LogP contribution in [0, 0.1) is 0 Å². The van der Waals surface area contributed by atoms with Crippen LogP contribution in [0.15, 0.2) is 76.1 Å². The minimum absolute atomic E-state index is 0.133. The first-order valence-corrected chi connectivity index (χ1v) is 13.0. The number of carbonyl (C=O) groups excluding carboxylic acids is 2. The second-order valence-corrected chi connectivity index (χ2v) is 11.1. The molecule has 2 heterocycles. The smallest absolute Gasteiger partial charge is 0.292 e. The van der Waals surface area contributed by atoms with E-state index >= 15 is 0 Å². The van der Waals surface area contributed by atoms with E-state index in [0.29, 0.717) is 36.3 Å². The summed E-state index contributed by atoms with van der Waals surface area (Å²) in [6.45, 7) is 1.53. The zero-order valence-electron chi connectivity index (χ0n) is 17.8. The Morgan fingerprint density at radius 2 is 1.55 bits per heavy atom. The van der Waals surface area contributed by atoms with Gasteiger partial charge in [0, 0.05) is 9.86 Å². The van der Waals surface area contributed by atoms with Crippen molar-refractivity contribution in [2.75, 3.05) is 31.1 Å². The first-order valence-electron chi connectivity index (χ1n) is 10.8. The number of benzene rings is 3. The molecule has 0 spiro atoms. The molecule has 0 bridgehead atoms. The molecule has 0 radical (unpaired) electrons. The van der Waals surface area contributed by atoms with E-state index in [9.17, 15) is 18.0 Å². The molecule has 1 N–H and O–H groups in total. The van der Waals surface area contributed by atoms with Crippen molar-refractivity contribution in [2.45, 2.75) is 17.4 Å². The van der Waals surface area contributed by atoms with Crippen molar-refractivity contribution in [3.63, 3.8) is 0 Å². The third-order valence-electron chi connectivity index (χ3n) is 6.47. The summed E-state index contributed by atoms with van der Waals surface area (Å²) in [5.41, 5.74) is 0.611. The fraction of sp³-hybridized carbons (Fsp3) is 0.250. The molecule has 2 fully saturated rings. The highest BCUT2D eigenvalue weighted by Gasteiger charge is 2.47. The van der Waals surface area contributed by atoms with Gasteiger partial charge in [0.15, 0.2) is 6.04 Å². The van der Waals surface area contributed by atoms with Gasteiger partial charge in [-0.25, -0.2) is 13.3 Å². The van der Waals surface area contributed by atoms with E-state index in [1.165, 1.54) is 9.21 Å². The summed E-state index contributed by atoms with van der Waals surface area (Å²) >= 11 is 3.33. The van der Waals surface area contributed by atoms with Crippen molar-refractivity contribution < 1.29 is 22.9 Å². The number of rotatable bonds is 4. The Kier molecular flexibility index (Phi) is 5.82. The molecule has 2 amide bonds. The maximum atomic E-state index is 13.4. The number of quaternary nitrogens is 1. The molecule has 7 nitrogen and oxygen atoms in total. The van der Waals surface area contributed by atoms with Gasteiger partial charge in [0.05, 0.1) is 43.2 Å². The fourth-order valence-corrected chi connectivity index (χ4v) is 7.17. The summed E-state index contributed by atoms with van der Waals surface area (Å²) in [7, 11) is -3.63. The molecule has 3 aromatic rings. The number of halogens is 1. The number of amides is 2. The number of nitrogens with one attached hydrogen (secondary N) is 1. The highest BCUT2D eigenvalue weighted by molar-refractivity contribution is 9.10. The number of fused-ring (bicyclic) bond motifs is 1. The molecule has 9 heteroatoms. The lowest BCUT2D eigenvalue weighted by Gasteiger charge is -2.33. The third kappa shape index (κ3) is 3.89. The van der Waals surface area contributed by atoms with Gasteiger partial charge in [-0.15, -0.1) is 0 Å². The summed E-state index contributed by atoms with van der Waals surface area (Å²) in [5.74, 6) is -0.425. The van der Waals surface area contributed by atoms with Gasteiger partial charge >= 0.3 is 0 Å². The molecule has 170 valence electrons. The van der Waals surface area contributed by atoms with E-state index < -0.39 is 16.1 Å². The van der Waals surface area contributed by atoms with Crippen molar-refractivity contribution in [3.8, 4) is 0 Å². The van der Waals surface area contributed by atoms with Crippen LogP contribution in [-0.4, -0.2) is 56.8 Å². The molecule has 0 unspecified atom stereocenters. The Morgan fingerprint density at radius 1 is 0.879 bits per heavy atom. The molecule has 1 atom stereocenters. The topological polar surface area (TPSA) is 79.2 Å². The molecule has 5 rings (SSSR count). The first-order chi connectivity index (χ1) is 15.9. The molecule has 0 aromatic heterocycles. The predicted molar refractivity (Wildman–Crippen MR) is 128 cm³/mol. The Balaban J connectivity index is 1.33. The number of piperazine rings is 1. The molecule has 33 heavy (non-hydrogen) atoms. The Morgan fingerprint density at radius 3 is 2.30 bits per heavy atom. The minimum atomic E-state index is -3.63. The largest absolute Gasteiger partial charge is 0.322 e. The first kappa shape index (κ1) is 22.2. The van der Waals surface area contributed by atoms with E-state index in [4.69, 9.17) is 0 Å². The SMILES string of the molecule is O=C1C[C@@H]([NH+]2CCN(S(=O)(=O)c3ccccc3Br)CC2)C(=O)N1c1cccc2ccccc12. The van der Waals surface area contributed by atoms with Crippen LogP contribution < -0.4 is 9.80 Å². The lowest BCUT2D eigenvalue weighted by molar-refractivity contribution is -0.918. The Bertz CT molecular complexity index is 1350. The molecular formula is C24H23BrN3O4S+. The van der Waals surface area contributed by atoms with Crippen LogP contribution in [0.2, 0.25) is 0 Å². The number of sulfonamides is 1. The second-order valence-electron chi connectivity index (χ2n) is 8.32. The second kappa shape index (κ2) is 8.64.